The van der Waals surface area contributed by atoms with E-state index in [0.29, 0.717) is 0 Å². The van der Waals surface area contributed by atoms with Gasteiger partial charge in [-0.2, -0.15) is 0 Å². The van der Waals surface area contributed by atoms with Crippen LogP contribution in [0, 0.1) is 0 Å². The Morgan fingerprint density at radius 1 is 1.73 bits per heavy atom. The zero-order chi connectivity index (χ0) is 8.65. The van der Waals surface area contributed by atoms with Crippen LogP contribution in [0.5, 0.6) is 0 Å². The first-order chi connectivity index (χ1) is 4.92. The van der Waals surface area contributed by atoms with Crippen LogP contribution in [0.1, 0.15) is 13.3 Å². The molecule has 0 aromatic heterocycles. The number of hydrogen-bond acceptors (Lipinski definition) is 1. The average Bonchev–Trinajstić information content (AvgIpc) is 2.05. The summed E-state index contributed by atoms with van der Waals surface area (Å²) >= 11 is 0. The molecule has 0 spiro atoms. The fraction of sp³-hybridized carbons (Fsp3) is 0.833. The Morgan fingerprint density at radius 3 is 2.45 bits per heavy atom. The highest BCUT2D eigenvalue weighted by molar-refractivity contribution is 5.66. The molecule has 5 heteroatoms. The van der Waals surface area contributed by atoms with E-state index in [0.717, 1.165) is 4.90 Å². The second kappa shape index (κ2) is 2.32. The maximum absolute atomic E-state index is 12.5. The minimum absolute atomic E-state index is 0.362. The molecule has 0 bridgehead atoms. The van der Waals surface area contributed by atoms with Gasteiger partial charge in [-0.15, -0.1) is 0 Å². The van der Waals surface area contributed by atoms with Gasteiger partial charge in [0.15, 0.2) is 0 Å². The lowest BCUT2D eigenvalue weighted by Crippen LogP contribution is -2.33. The molecular weight excluding hydrogens is 156 g/mol. The van der Waals surface area contributed by atoms with Crippen molar-refractivity contribution >= 4 is 6.09 Å². The highest BCUT2D eigenvalue weighted by Crippen LogP contribution is 2.31. The van der Waals surface area contributed by atoms with Gasteiger partial charge in [0.25, 0.3) is 5.92 Å². The molecule has 0 saturated carbocycles. The molecule has 0 aromatic rings. The quantitative estimate of drug-likeness (QED) is 0.589. The smallest absolute Gasteiger partial charge is 0.407 e. The van der Waals surface area contributed by atoms with Crippen molar-refractivity contribution < 1.29 is 18.7 Å². The topological polar surface area (TPSA) is 40.5 Å². The van der Waals surface area contributed by atoms with Crippen molar-refractivity contribution in [1.29, 1.82) is 0 Å². The van der Waals surface area contributed by atoms with Crippen LogP contribution in [0.2, 0.25) is 0 Å². The Kier molecular flexibility index (Phi) is 1.74. The Bertz CT molecular complexity index is 183. The first kappa shape index (κ1) is 8.23. The van der Waals surface area contributed by atoms with E-state index in [1.54, 1.807) is 0 Å². The minimum atomic E-state index is -2.84. The molecule has 1 heterocycles. The zero-order valence-corrected chi connectivity index (χ0v) is 6.05. The number of carbonyl (C=O) groups is 1. The Labute approximate surface area is 62.6 Å². The molecule has 0 aromatic carbocycles. The second-order valence-corrected chi connectivity index (χ2v) is 2.82. The minimum Gasteiger partial charge on any atom is -0.465 e. The molecule has 1 saturated heterocycles. The molecule has 0 unspecified atom stereocenters. The van der Waals surface area contributed by atoms with Crippen LogP contribution in [0.25, 0.3) is 0 Å². The average molecular weight is 165 g/mol. The number of nitrogens with zero attached hydrogens (tertiary/aromatic N) is 1. The first-order valence-corrected chi connectivity index (χ1v) is 3.30. The van der Waals surface area contributed by atoms with Gasteiger partial charge < -0.3 is 5.11 Å². The summed E-state index contributed by atoms with van der Waals surface area (Å²) in [5.74, 6) is -2.84. The van der Waals surface area contributed by atoms with Crippen molar-refractivity contribution in [3.63, 3.8) is 0 Å². The summed E-state index contributed by atoms with van der Waals surface area (Å²) in [6, 6.07) is -0.567. The summed E-state index contributed by atoms with van der Waals surface area (Å²) in [4.78, 5) is 11.1. The molecule has 64 valence electrons. The number of rotatable bonds is 0. The summed E-state index contributed by atoms with van der Waals surface area (Å²) < 4.78 is 25.0. The third-order valence-electron chi connectivity index (χ3n) is 1.77. The second-order valence-electron chi connectivity index (χ2n) is 2.82. The maximum Gasteiger partial charge on any atom is 0.407 e. The van der Waals surface area contributed by atoms with Crippen molar-refractivity contribution in [2.24, 2.45) is 0 Å². The summed E-state index contributed by atoms with van der Waals surface area (Å²) in [7, 11) is 0. The van der Waals surface area contributed by atoms with Gasteiger partial charge in [-0.05, 0) is 6.92 Å². The molecule has 1 amide bonds. The van der Waals surface area contributed by atoms with Gasteiger partial charge in [0.1, 0.15) is 0 Å². The van der Waals surface area contributed by atoms with E-state index in [1.807, 2.05) is 0 Å². The molecule has 1 aliphatic rings. The zero-order valence-electron chi connectivity index (χ0n) is 6.05. The largest absolute Gasteiger partial charge is 0.465 e. The van der Waals surface area contributed by atoms with Gasteiger partial charge in [-0.3, -0.25) is 4.90 Å². The molecular formula is C6H9F2NO2. The van der Waals surface area contributed by atoms with Crippen LogP contribution < -0.4 is 0 Å². The predicted octanol–water partition coefficient (Wildman–Crippen LogP) is 1.39. The van der Waals surface area contributed by atoms with Crippen molar-refractivity contribution in [2.75, 3.05) is 6.54 Å². The molecule has 0 radical (unpaired) electrons. The monoisotopic (exact) mass is 165 g/mol. The lowest BCUT2D eigenvalue weighted by molar-refractivity contribution is 0.0127. The highest BCUT2D eigenvalue weighted by Gasteiger charge is 2.44. The van der Waals surface area contributed by atoms with Gasteiger partial charge in [0.05, 0.1) is 6.54 Å². The van der Waals surface area contributed by atoms with E-state index in [2.05, 4.69) is 0 Å². The molecule has 1 atom stereocenters. The van der Waals surface area contributed by atoms with E-state index < -0.39 is 24.6 Å². The Hall–Kier alpha value is -0.870. The van der Waals surface area contributed by atoms with Gasteiger partial charge in [0, 0.05) is 12.5 Å². The van der Waals surface area contributed by atoms with Crippen LogP contribution in [-0.4, -0.2) is 34.6 Å². The maximum atomic E-state index is 12.5. The predicted molar refractivity (Wildman–Crippen MR) is 33.8 cm³/mol. The molecule has 11 heavy (non-hydrogen) atoms. The van der Waals surface area contributed by atoms with E-state index in [1.165, 1.54) is 6.92 Å². The van der Waals surface area contributed by atoms with E-state index in [-0.39, 0.29) is 6.42 Å². The number of alkyl halides is 2. The first-order valence-electron chi connectivity index (χ1n) is 3.30. The molecule has 3 nitrogen and oxygen atoms in total. The third-order valence-corrected chi connectivity index (χ3v) is 1.77. The van der Waals surface area contributed by atoms with E-state index in [9.17, 15) is 13.6 Å². The lowest BCUT2D eigenvalue weighted by Gasteiger charge is -2.15. The van der Waals surface area contributed by atoms with Crippen LogP contribution in [0.15, 0.2) is 0 Å². The summed E-state index contributed by atoms with van der Waals surface area (Å²) in [5.41, 5.74) is 0. The number of amides is 1. The van der Waals surface area contributed by atoms with E-state index >= 15 is 0 Å². The third kappa shape index (κ3) is 1.58. The van der Waals surface area contributed by atoms with Gasteiger partial charge in [-0.1, -0.05) is 0 Å². The summed E-state index contributed by atoms with van der Waals surface area (Å²) in [6.07, 6.45) is -1.63. The highest BCUT2D eigenvalue weighted by atomic mass is 19.3. The van der Waals surface area contributed by atoms with Crippen LogP contribution >= 0.6 is 0 Å². The van der Waals surface area contributed by atoms with E-state index in [4.69, 9.17) is 5.11 Å². The Morgan fingerprint density at radius 2 is 2.27 bits per heavy atom. The summed E-state index contributed by atoms with van der Waals surface area (Å²) in [6.45, 7) is 0.818. The van der Waals surface area contributed by atoms with Gasteiger partial charge >= 0.3 is 6.09 Å². The molecule has 1 N–H and O–H groups in total. The summed E-state index contributed by atoms with van der Waals surface area (Å²) in [5, 5.41) is 8.41. The molecule has 1 rings (SSSR count). The van der Waals surface area contributed by atoms with Crippen LogP contribution in [0.4, 0.5) is 13.6 Å². The SMILES string of the molecule is C[C@@H]1CC(F)(F)CN1C(=O)O. The fourth-order valence-electron chi connectivity index (χ4n) is 1.27. The standard InChI is InChI=1S/C6H9F2NO2/c1-4-2-6(7,8)3-9(4)5(10)11/h4H,2-3H2,1H3,(H,10,11)/t4-/m1/s1. The van der Waals surface area contributed by atoms with Gasteiger partial charge in [-0.25, -0.2) is 13.6 Å². The molecule has 0 aliphatic carbocycles. The lowest BCUT2D eigenvalue weighted by atomic mass is 10.2. The normalized spacial score (nSPS) is 29.0. The number of hydrogen-bond donors (Lipinski definition) is 1. The van der Waals surface area contributed by atoms with Crippen LogP contribution in [-0.2, 0) is 0 Å². The Balaban J connectivity index is 2.66. The number of likely N-dealkylation sites (tertiary alicyclic amines) is 1. The van der Waals surface area contributed by atoms with Crippen molar-refractivity contribution in [3.05, 3.63) is 0 Å². The van der Waals surface area contributed by atoms with Crippen molar-refractivity contribution in [1.82, 2.24) is 4.90 Å². The number of halogens is 2. The fourth-order valence-corrected chi connectivity index (χ4v) is 1.27. The number of carboxylic acid groups (broad SMARTS) is 1. The van der Waals surface area contributed by atoms with Crippen molar-refractivity contribution in [2.45, 2.75) is 25.3 Å². The molecule has 1 aliphatic heterocycles. The van der Waals surface area contributed by atoms with Crippen LogP contribution in [0.3, 0.4) is 0 Å². The van der Waals surface area contributed by atoms with Gasteiger partial charge in [0.2, 0.25) is 0 Å². The molecule has 1 fully saturated rings. The van der Waals surface area contributed by atoms with Crippen molar-refractivity contribution in [3.8, 4) is 0 Å².